The summed E-state index contributed by atoms with van der Waals surface area (Å²) in [5.74, 6) is 0.153. The number of nitrogens with zero attached hydrogens (tertiary/aromatic N) is 4. The molecule has 0 spiro atoms. The number of nitrogens with one attached hydrogen (secondary N) is 2. The molecular formula is C19H14F2N6O2. The lowest BCUT2D eigenvalue weighted by Gasteiger charge is -2.07. The van der Waals surface area contributed by atoms with Gasteiger partial charge in [-0.2, -0.15) is 5.10 Å². The Labute approximate surface area is 161 Å². The Morgan fingerprint density at radius 2 is 2.03 bits per heavy atom. The topological polar surface area (TPSA) is 109 Å². The second-order valence-electron chi connectivity index (χ2n) is 6.93. The normalized spacial score (nSPS) is 18.4. The first-order valence-corrected chi connectivity index (χ1v) is 8.92. The van der Waals surface area contributed by atoms with Gasteiger partial charge in [-0.15, -0.1) is 0 Å². The lowest BCUT2D eigenvalue weighted by Crippen LogP contribution is -2.23. The third-order valence-electron chi connectivity index (χ3n) is 5.11. The van der Waals surface area contributed by atoms with E-state index in [0.29, 0.717) is 11.3 Å². The molecule has 2 N–H and O–H groups in total. The second kappa shape index (κ2) is 6.43. The summed E-state index contributed by atoms with van der Waals surface area (Å²) in [6.45, 7) is 0. The predicted molar refractivity (Wildman–Crippen MR) is 99.0 cm³/mol. The average Bonchev–Trinajstić information content (AvgIpc) is 3.36. The van der Waals surface area contributed by atoms with Crippen LogP contribution in [-0.4, -0.2) is 29.5 Å². The van der Waals surface area contributed by atoms with Gasteiger partial charge in [0, 0.05) is 47.5 Å². The van der Waals surface area contributed by atoms with Crippen molar-refractivity contribution in [3.8, 4) is 11.3 Å². The highest BCUT2D eigenvalue weighted by molar-refractivity contribution is 5.63. The van der Waals surface area contributed by atoms with Crippen LogP contribution in [-0.2, 0) is 0 Å². The molecule has 0 radical (unpaired) electrons. The maximum Gasteiger partial charge on any atom is 0.325 e. The number of hydrogen-bond acceptors (Lipinski definition) is 5. The number of aromatic nitrogens is 6. The van der Waals surface area contributed by atoms with Gasteiger partial charge in [0.05, 0.1) is 11.3 Å². The van der Waals surface area contributed by atoms with E-state index in [-0.39, 0.29) is 23.0 Å². The molecule has 0 saturated heterocycles. The SMILES string of the molecule is O=c1[nH]cc(-c2cc([C@H]3C[C@@H]3c3ccc(C(F)F)cn3)c3nccn3n2)c(=O)[nH]1. The van der Waals surface area contributed by atoms with Gasteiger partial charge < -0.3 is 4.98 Å². The molecule has 146 valence electrons. The van der Waals surface area contributed by atoms with Gasteiger partial charge in [0.2, 0.25) is 0 Å². The average molecular weight is 396 g/mol. The summed E-state index contributed by atoms with van der Waals surface area (Å²) in [6, 6.07) is 4.80. The van der Waals surface area contributed by atoms with E-state index >= 15 is 0 Å². The smallest absolute Gasteiger partial charge is 0.313 e. The maximum absolute atomic E-state index is 12.8. The summed E-state index contributed by atoms with van der Waals surface area (Å²) < 4.78 is 27.1. The first-order valence-electron chi connectivity index (χ1n) is 8.92. The van der Waals surface area contributed by atoms with Crippen LogP contribution in [0.5, 0.6) is 0 Å². The van der Waals surface area contributed by atoms with Crippen LogP contribution in [0.3, 0.4) is 0 Å². The van der Waals surface area contributed by atoms with E-state index in [0.717, 1.165) is 17.7 Å². The number of H-pyrrole nitrogens is 2. The molecule has 1 fully saturated rings. The predicted octanol–water partition coefficient (Wildman–Crippen LogP) is 2.38. The molecule has 1 aliphatic rings. The quantitative estimate of drug-likeness (QED) is 0.551. The van der Waals surface area contributed by atoms with E-state index < -0.39 is 17.7 Å². The van der Waals surface area contributed by atoms with Crippen LogP contribution in [0.25, 0.3) is 16.9 Å². The highest BCUT2D eigenvalue weighted by Gasteiger charge is 2.42. The molecule has 4 aromatic heterocycles. The second-order valence-corrected chi connectivity index (χ2v) is 6.93. The minimum Gasteiger partial charge on any atom is -0.313 e. The van der Waals surface area contributed by atoms with Crippen LogP contribution in [0.4, 0.5) is 8.78 Å². The summed E-state index contributed by atoms with van der Waals surface area (Å²) in [7, 11) is 0. The van der Waals surface area contributed by atoms with E-state index in [1.54, 1.807) is 29.0 Å². The molecule has 0 aliphatic heterocycles. The number of rotatable bonds is 4. The number of hydrogen-bond donors (Lipinski definition) is 2. The minimum absolute atomic E-state index is 0.0753. The van der Waals surface area contributed by atoms with Crippen molar-refractivity contribution in [2.75, 3.05) is 0 Å². The largest absolute Gasteiger partial charge is 0.325 e. The Morgan fingerprint density at radius 1 is 1.17 bits per heavy atom. The van der Waals surface area contributed by atoms with Gasteiger partial charge in [-0.3, -0.25) is 14.8 Å². The number of fused-ring (bicyclic) bond motifs is 1. The van der Waals surface area contributed by atoms with Gasteiger partial charge in [0.1, 0.15) is 0 Å². The number of pyridine rings is 1. The fraction of sp³-hybridized carbons (Fsp3) is 0.211. The number of imidazole rings is 1. The zero-order valence-electron chi connectivity index (χ0n) is 14.8. The van der Waals surface area contributed by atoms with E-state index in [1.165, 1.54) is 18.5 Å². The van der Waals surface area contributed by atoms with Crippen molar-refractivity contribution in [2.24, 2.45) is 0 Å². The minimum atomic E-state index is -2.55. The molecule has 1 aliphatic carbocycles. The summed E-state index contributed by atoms with van der Waals surface area (Å²) in [5, 5.41) is 4.41. The molecule has 5 rings (SSSR count). The van der Waals surface area contributed by atoms with Gasteiger partial charge in [-0.1, -0.05) is 0 Å². The van der Waals surface area contributed by atoms with E-state index in [1.807, 2.05) is 0 Å². The van der Waals surface area contributed by atoms with E-state index in [4.69, 9.17) is 0 Å². The lowest BCUT2D eigenvalue weighted by molar-refractivity contribution is 0.151. The lowest BCUT2D eigenvalue weighted by atomic mass is 10.1. The van der Waals surface area contributed by atoms with Crippen molar-refractivity contribution in [3.05, 3.63) is 80.6 Å². The van der Waals surface area contributed by atoms with Crippen LogP contribution in [0, 0.1) is 0 Å². The molecule has 4 heterocycles. The molecule has 0 bridgehead atoms. The summed E-state index contributed by atoms with van der Waals surface area (Å²) >= 11 is 0. The molecule has 8 nitrogen and oxygen atoms in total. The third kappa shape index (κ3) is 3.02. The Hall–Kier alpha value is -3.69. The monoisotopic (exact) mass is 396 g/mol. The first kappa shape index (κ1) is 17.4. The molecule has 0 unspecified atom stereocenters. The van der Waals surface area contributed by atoms with Crippen molar-refractivity contribution < 1.29 is 8.78 Å². The van der Waals surface area contributed by atoms with E-state index in [9.17, 15) is 18.4 Å². The fourth-order valence-electron chi connectivity index (χ4n) is 3.58. The summed E-state index contributed by atoms with van der Waals surface area (Å²) in [4.78, 5) is 36.7. The fourth-order valence-corrected chi connectivity index (χ4v) is 3.58. The Bertz CT molecular complexity index is 1330. The van der Waals surface area contributed by atoms with Crippen molar-refractivity contribution in [3.63, 3.8) is 0 Å². The van der Waals surface area contributed by atoms with Crippen molar-refractivity contribution in [2.45, 2.75) is 24.7 Å². The zero-order valence-corrected chi connectivity index (χ0v) is 14.8. The molecule has 2 atom stereocenters. The van der Waals surface area contributed by atoms with Gasteiger partial charge in [0.25, 0.3) is 12.0 Å². The Kier molecular flexibility index (Phi) is 3.86. The standard InChI is InChI=1S/C19H14F2N6O2/c20-16(21)9-1-2-14(23-7-9)11-5-10(11)12-6-15(26-27-4-3-22-17(12)27)13-8-24-19(29)25-18(13)28/h1-4,6-8,10-11,16H,5H2,(H2,24,25,28,29)/t10-,11-/m0/s1. The molecular weight excluding hydrogens is 382 g/mol. The first-order chi connectivity index (χ1) is 14.0. The molecule has 0 aromatic carbocycles. The summed E-state index contributed by atoms with van der Waals surface area (Å²) in [6.07, 6.45) is 4.06. The van der Waals surface area contributed by atoms with Gasteiger partial charge >= 0.3 is 5.69 Å². The van der Waals surface area contributed by atoms with Crippen LogP contribution in [0.1, 0.15) is 41.5 Å². The van der Waals surface area contributed by atoms with Crippen LogP contribution in [0.15, 0.2) is 52.6 Å². The van der Waals surface area contributed by atoms with E-state index in [2.05, 4.69) is 25.0 Å². The Balaban J connectivity index is 1.54. The molecule has 1 saturated carbocycles. The van der Waals surface area contributed by atoms with Crippen LogP contribution >= 0.6 is 0 Å². The highest BCUT2D eigenvalue weighted by Crippen LogP contribution is 2.55. The maximum atomic E-state index is 12.8. The highest BCUT2D eigenvalue weighted by atomic mass is 19.3. The van der Waals surface area contributed by atoms with Gasteiger partial charge in [0.15, 0.2) is 5.65 Å². The number of halogens is 2. The molecule has 29 heavy (non-hydrogen) atoms. The van der Waals surface area contributed by atoms with Gasteiger partial charge in [-0.25, -0.2) is 23.1 Å². The molecule has 10 heteroatoms. The third-order valence-corrected chi connectivity index (χ3v) is 5.11. The van der Waals surface area contributed by atoms with Crippen molar-refractivity contribution >= 4 is 5.65 Å². The zero-order chi connectivity index (χ0) is 20.1. The van der Waals surface area contributed by atoms with Crippen molar-refractivity contribution in [1.82, 2.24) is 29.5 Å². The number of alkyl halides is 2. The Morgan fingerprint density at radius 3 is 2.76 bits per heavy atom. The van der Waals surface area contributed by atoms with Crippen LogP contribution < -0.4 is 11.2 Å². The van der Waals surface area contributed by atoms with Gasteiger partial charge in [-0.05, 0) is 30.5 Å². The summed E-state index contributed by atoms with van der Waals surface area (Å²) in [5.41, 5.74) is 1.68. The van der Waals surface area contributed by atoms with Crippen LogP contribution in [0.2, 0.25) is 0 Å². The molecule has 0 amide bonds. The number of aromatic amines is 2. The van der Waals surface area contributed by atoms with Crippen molar-refractivity contribution in [1.29, 1.82) is 0 Å². The molecule has 4 aromatic rings.